The Labute approximate surface area is 109 Å². The smallest absolute Gasteiger partial charge is 0.251 e. The summed E-state index contributed by atoms with van der Waals surface area (Å²) in [6, 6.07) is 5.27. The minimum Gasteiger partial charge on any atom is -0.497 e. The van der Waals surface area contributed by atoms with Crippen LogP contribution in [0.4, 0.5) is 5.69 Å². The van der Waals surface area contributed by atoms with Gasteiger partial charge in [0.25, 0.3) is 5.91 Å². The van der Waals surface area contributed by atoms with Gasteiger partial charge in [-0.1, -0.05) is 20.3 Å². The molecule has 0 saturated heterocycles. The third-order valence-electron chi connectivity index (χ3n) is 2.89. The van der Waals surface area contributed by atoms with E-state index < -0.39 is 0 Å². The van der Waals surface area contributed by atoms with Gasteiger partial charge < -0.3 is 15.8 Å². The monoisotopic (exact) mass is 250 g/mol. The second kappa shape index (κ2) is 6.89. The number of carbonyl (C=O) groups excluding carboxylic acids is 1. The molecule has 0 aromatic heterocycles. The molecule has 0 aliphatic rings. The third-order valence-corrected chi connectivity index (χ3v) is 2.89. The quantitative estimate of drug-likeness (QED) is 0.763. The Morgan fingerprint density at radius 3 is 2.67 bits per heavy atom. The molecule has 1 unspecified atom stereocenters. The third kappa shape index (κ3) is 3.95. The van der Waals surface area contributed by atoms with Gasteiger partial charge in [0.15, 0.2) is 0 Å². The van der Waals surface area contributed by atoms with E-state index in [0.29, 0.717) is 17.0 Å². The van der Waals surface area contributed by atoms with Gasteiger partial charge in [0, 0.05) is 23.4 Å². The maximum Gasteiger partial charge on any atom is 0.251 e. The van der Waals surface area contributed by atoms with E-state index in [9.17, 15) is 4.79 Å². The highest BCUT2D eigenvalue weighted by Crippen LogP contribution is 2.18. The van der Waals surface area contributed by atoms with Gasteiger partial charge in [-0.15, -0.1) is 0 Å². The molecule has 100 valence electrons. The van der Waals surface area contributed by atoms with E-state index in [1.165, 1.54) is 0 Å². The van der Waals surface area contributed by atoms with Crippen LogP contribution in [-0.2, 0) is 0 Å². The van der Waals surface area contributed by atoms with E-state index in [1.807, 2.05) is 0 Å². The molecule has 1 amide bonds. The van der Waals surface area contributed by atoms with Gasteiger partial charge >= 0.3 is 0 Å². The number of nitrogen functional groups attached to an aromatic ring is 1. The van der Waals surface area contributed by atoms with E-state index in [-0.39, 0.29) is 11.9 Å². The lowest BCUT2D eigenvalue weighted by Crippen LogP contribution is -2.34. The number of ether oxygens (including phenoxy) is 1. The number of carbonyl (C=O) groups is 1. The van der Waals surface area contributed by atoms with Gasteiger partial charge in [0.2, 0.25) is 0 Å². The van der Waals surface area contributed by atoms with Crippen LogP contribution in [0.3, 0.4) is 0 Å². The number of amides is 1. The molecule has 0 heterocycles. The second-order valence-electron chi connectivity index (χ2n) is 4.36. The summed E-state index contributed by atoms with van der Waals surface area (Å²) in [7, 11) is 1.56. The number of benzene rings is 1. The molecule has 1 atom stereocenters. The minimum absolute atomic E-state index is 0.0964. The first-order valence-electron chi connectivity index (χ1n) is 6.36. The van der Waals surface area contributed by atoms with Gasteiger partial charge in [-0.2, -0.15) is 0 Å². The van der Waals surface area contributed by atoms with E-state index >= 15 is 0 Å². The zero-order valence-corrected chi connectivity index (χ0v) is 11.3. The van der Waals surface area contributed by atoms with Crippen molar-refractivity contribution in [2.45, 2.75) is 39.2 Å². The van der Waals surface area contributed by atoms with Gasteiger partial charge in [-0.3, -0.25) is 4.79 Å². The van der Waals surface area contributed by atoms with Gasteiger partial charge in [0.05, 0.1) is 7.11 Å². The standard InChI is InChI=1S/C14H22N2O2/c1-4-6-12(5-2)16-14(17)10-7-11(15)9-13(8-10)18-3/h7-9,12H,4-6,15H2,1-3H3,(H,16,17). The molecule has 0 spiro atoms. The summed E-state index contributed by atoms with van der Waals surface area (Å²) in [5.74, 6) is 0.504. The van der Waals surface area contributed by atoms with E-state index in [4.69, 9.17) is 10.5 Å². The van der Waals surface area contributed by atoms with Crippen molar-refractivity contribution in [3.63, 3.8) is 0 Å². The van der Waals surface area contributed by atoms with Crippen molar-refractivity contribution in [1.82, 2.24) is 5.32 Å². The van der Waals surface area contributed by atoms with Crippen molar-refractivity contribution < 1.29 is 9.53 Å². The molecule has 18 heavy (non-hydrogen) atoms. The fraction of sp³-hybridized carbons (Fsp3) is 0.500. The van der Waals surface area contributed by atoms with Gasteiger partial charge in [-0.05, 0) is 25.0 Å². The highest BCUT2D eigenvalue weighted by atomic mass is 16.5. The Bertz CT molecular complexity index is 405. The first-order valence-corrected chi connectivity index (χ1v) is 6.36. The lowest BCUT2D eigenvalue weighted by Gasteiger charge is -2.16. The lowest BCUT2D eigenvalue weighted by molar-refractivity contribution is 0.0933. The predicted octanol–water partition coefficient (Wildman–Crippen LogP) is 2.59. The summed E-state index contributed by atoms with van der Waals surface area (Å²) in [5.41, 5.74) is 6.81. The van der Waals surface area contributed by atoms with Crippen LogP contribution in [-0.4, -0.2) is 19.1 Å². The summed E-state index contributed by atoms with van der Waals surface area (Å²) in [5, 5.41) is 3.01. The zero-order chi connectivity index (χ0) is 13.5. The van der Waals surface area contributed by atoms with Crippen molar-refractivity contribution in [3.8, 4) is 5.75 Å². The Morgan fingerprint density at radius 2 is 2.11 bits per heavy atom. The average Bonchev–Trinajstić information content (AvgIpc) is 2.37. The molecule has 1 aromatic rings. The summed E-state index contributed by atoms with van der Waals surface area (Å²) < 4.78 is 5.10. The Hall–Kier alpha value is -1.71. The largest absolute Gasteiger partial charge is 0.497 e. The van der Waals surface area contributed by atoms with Crippen molar-refractivity contribution in [2.75, 3.05) is 12.8 Å². The van der Waals surface area contributed by atoms with E-state index in [1.54, 1.807) is 25.3 Å². The zero-order valence-electron chi connectivity index (χ0n) is 11.3. The highest BCUT2D eigenvalue weighted by molar-refractivity contribution is 5.95. The summed E-state index contributed by atoms with van der Waals surface area (Å²) in [6.07, 6.45) is 2.97. The Morgan fingerprint density at radius 1 is 1.39 bits per heavy atom. The lowest BCUT2D eigenvalue weighted by atomic mass is 10.1. The minimum atomic E-state index is -0.0964. The molecular weight excluding hydrogens is 228 g/mol. The topological polar surface area (TPSA) is 64.4 Å². The summed E-state index contributed by atoms with van der Waals surface area (Å²) in [6.45, 7) is 4.18. The predicted molar refractivity (Wildman–Crippen MR) is 73.9 cm³/mol. The van der Waals surface area contributed by atoms with Crippen LogP contribution < -0.4 is 15.8 Å². The molecule has 0 fully saturated rings. The van der Waals surface area contributed by atoms with Crippen molar-refractivity contribution in [3.05, 3.63) is 23.8 Å². The number of hydrogen-bond donors (Lipinski definition) is 2. The van der Waals surface area contributed by atoms with E-state index in [2.05, 4.69) is 19.2 Å². The van der Waals surface area contributed by atoms with Crippen LogP contribution >= 0.6 is 0 Å². The number of nitrogens with two attached hydrogens (primary N) is 1. The molecular formula is C14H22N2O2. The molecule has 0 aliphatic carbocycles. The van der Waals surface area contributed by atoms with Crippen LogP contribution in [0.2, 0.25) is 0 Å². The van der Waals surface area contributed by atoms with Crippen LogP contribution in [0.15, 0.2) is 18.2 Å². The number of anilines is 1. The molecule has 1 rings (SSSR count). The second-order valence-corrected chi connectivity index (χ2v) is 4.36. The number of methoxy groups -OCH3 is 1. The fourth-order valence-electron chi connectivity index (χ4n) is 1.87. The van der Waals surface area contributed by atoms with E-state index in [0.717, 1.165) is 19.3 Å². The SMILES string of the molecule is CCCC(CC)NC(=O)c1cc(N)cc(OC)c1. The van der Waals surface area contributed by atoms with Gasteiger partial charge in [0.1, 0.15) is 5.75 Å². The first-order chi connectivity index (χ1) is 8.60. The maximum absolute atomic E-state index is 12.1. The van der Waals surface area contributed by atoms with Crippen LogP contribution in [0, 0.1) is 0 Å². The first kappa shape index (κ1) is 14.4. The molecule has 4 heteroatoms. The molecule has 0 aliphatic heterocycles. The summed E-state index contributed by atoms with van der Waals surface area (Å²) in [4.78, 5) is 12.1. The molecule has 4 nitrogen and oxygen atoms in total. The fourth-order valence-corrected chi connectivity index (χ4v) is 1.87. The van der Waals surface area contributed by atoms with Crippen molar-refractivity contribution >= 4 is 11.6 Å². The molecule has 0 bridgehead atoms. The van der Waals surface area contributed by atoms with Crippen LogP contribution in [0.25, 0.3) is 0 Å². The molecule has 0 saturated carbocycles. The number of rotatable bonds is 6. The van der Waals surface area contributed by atoms with Gasteiger partial charge in [-0.25, -0.2) is 0 Å². The Balaban J connectivity index is 2.79. The van der Waals surface area contributed by atoms with Crippen LogP contribution in [0.5, 0.6) is 5.75 Å². The van der Waals surface area contributed by atoms with Crippen molar-refractivity contribution in [1.29, 1.82) is 0 Å². The van der Waals surface area contributed by atoms with Crippen molar-refractivity contribution in [2.24, 2.45) is 0 Å². The Kier molecular flexibility index (Phi) is 5.49. The van der Waals surface area contributed by atoms with Crippen LogP contribution in [0.1, 0.15) is 43.5 Å². The molecule has 1 aromatic carbocycles. The highest BCUT2D eigenvalue weighted by Gasteiger charge is 2.12. The average molecular weight is 250 g/mol. The maximum atomic E-state index is 12.1. The number of nitrogens with one attached hydrogen (secondary N) is 1. The number of hydrogen-bond acceptors (Lipinski definition) is 3. The normalized spacial score (nSPS) is 11.9. The molecule has 3 N–H and O–H groups in total. The molecule has 0 radical (unpaired) electrons. The summed E-state index contributed by atoms with van der Waals surface area (Å²) >= 11 is 0.